The van der Waals surface area contributed by atoms with E-state index >= 15 is 0 Å². The van der Waals surface area contributed by atoms with Gasteiger partial charge in [0.1, 0.15) is 5.82 Å². The minimum absolute atomic E-state index is 0.207. The summed E-state index contributed by atoms with van der Waals surface area (Å²) in [6, 6.07) is 10.4. The Morgan fingerprint density at radius 2 is 1.77 bits per heavy atom. The largest absolute Gasteiger partial charge is 0.336 e. The number of piperazine rings is 1. The maximum absolute atomic E-state index is 13.3. The molecule has 1 heterocycles. The lowest BCUT2D eigenvalue weighted by atomic mass is 10.2. The molecule has 0 N–H and O–H groups in total. The molecule has 0 aromatic heterocycles. The van der Waals surface area contributed by atoms with Crippen LogP contribution in [0.3, 0.4) is 0 Å². The molecule has 1 amide bonds. The van der Waals surface area contributed by atoms with Crippen molar-refractivity contribution in [2.24, 2.45) is 0 Å². The van der Waals surface area contributed by atoms with Crippen molar-refractivity contribution in [1.82, 2.24) is 9.21 Å². The monoisotopic (exact) mass is 440 g/mol. The van der Waals surface area contributed by atoms with Crippen molar-refractivity contribution < 1.29 is 17.6 Å². The Balaban J connectivity index is 1.71. The summed E-state index contributed by atoms with van der Waals surface area (Å²) in [4.78, 5) is 14.2. The zero-order valence-electron chi connectivity index (χ0n) is 14.2. The highest BCUT2D eigenvalue weighted by Gasteiger charge is 2.30. The smallest absolute Gasteiger partial charge is 0.254 e. The molecule has 8 heteroatoms. The first-order chi connectivity index (χ1) is 12.3. The van der Waals surface area contributed by atoms with Crippen LogP contribution in [-0.4, -0.2) is 49.7 Å². The molecule has 0 bridgehead atoms. The quantitative estimate of drug-likeness (QED) is 0.736. The second kappa shape index (κ2) is 7.46. The molecular weight excluding hydrogens is 423 g/mol. The third-order valence-electron chi connectivity index (χ3n) is 4.36. The van der Waals surface area contributed by atoms with Gasteiger partial charge in [-0.05, 0) is 48.9 Å². The summed E-state index contributed by atoms with van der Waals surface area (Å²) in [5, 5.41) is 0. The molecule has 0 radical (unpaired) electrons. The highest BCUT2D eigenvalue weighted by atomic mass is 79.9. The molecule has 0 aliphatic carbocycles. The van der Waals surface area contributed by atoms with E-state index in [-0.39, 0.29) is 42.5 Å². The molecule has 1 aliphatic rings. The average Bonchev–Trinajstić information content (AvgIpc) is 2.63. The highest BCUT2D eigenvalue weighted by molar-refractivity contribution is 9.10. The van der Waals surface area contributed by atoms with Gasteiger partial charge in [-0.25, -0.2) is 12.8 Å². The summed E-state index contributed by atoms with van der Waals surface area (Å²) in [5.74, 6) is -0.760. The highest BCUT2D eigenvalue weighted by Crippen LogP contribution is 2.23. The van der Waals surface area contributed by atoms with Crippen molar-refractivity contribution in [2.45, 2.75) is 11.8 Å². The first-order valence-electron chi connectivity index (χ1n) is 8.10. The topological polar surface area (TPSA) is 57.7 Å². The summed E-state index contributed by atoms with van der Waals surface area (Å²) in [6.45, 7) is 2.78. The second-order valence-corrected chi connectivity index (χ2v) is 8.91. The molecule has 138 valence electrons. The van der Waals surface area contributed by atoms with E-state index in [1.807, 2.05) is 6.92 Å². The van der Waals surface area contributed by atoms with E-state index in [0.717, 1.165) is 10.0 Å². The first-order valence-corrected chi connectivity index (χ1v) is 10.3. The van der Waals surface area contributed by atoms with Crippen LogP contribution in [0.5, 0.6) is 0 Å². The fraction of sp³-hybridized carbons (Fsp3) is 0.278. The molecule has 0 unspecified atom stereocenters. The van der Waals surface area contributed by atoms with Crippen molar-refractivity contribution in [3.63, 3.8) is 0 Å². The van der Waals surface area contributed by atoms with Gasteiger partial charge >= 0.3 is 0 Å². The fourth-order valence-corrected chi connectivity index (χ4v) is 4.62. The van der Waals surface area contributed by atoms with Crippen LogP contribution in [0, 0.1) is 12.7 Å². The van der Waals surface area contributed by atoms with E-state index in [1.54, 1.807) is 29.2 Å². The van der Waals surface area contributed by atoms with Crippen LogP contribution in [0.25, 0.3) is 0 Å². The van der Waals surface area contributed by atoms with Crippen LogP contribution in [0.2, 0.25) is 0 Å². The van der Waals surface area contributed by atoms with Crippen LogP contribution in [0.4, 0.5) is 4.39 Å². The van der Waals surface area contributed by atoms with Gasteiger partial charge in [0.05, 0.1) is 4.90 Å². The molecule has 0 saturated carbocycles. The Hall–Kier alpha value is -1.77. The van der Waals surface area contributed by atoms with Gasteiger partial charge in [-0.2, -0.15) is 4.31 Å². The van der Waals surface area contributed by atoms with Crippen LogP contribution in [0.15, 0.2) is 51.8 Å². The number of benzene rings is 2. The van der Waals surface area contributed by atoms with Crippen LogP contribution < -0.4 is 0 Å². The Morgan fingerprint density at radius 3 is 2.38 bits per heavy atom. The molecule has 2 aromatic rings. The van der Waals surface area contributed by atoms with Gasteiger partial charge in [0.2, 0.25) is 10.0 Å². The van der Waals surface area contributed by atoms with Crippen molar-refractivity contribution in [3.05, 3.63) is 63.9 Å². The Labute approximate surface area is 160 Å². The van der Waals surface area contributed by atoms with Gasteiger partial charge in [0.15, 0.2) is 0 Å². The molecule has 0 spiro atoms. The number of carbonyl (C=O) groups is 1. The van der Waals surface area contributed by atoms with Gasteiger partial charge in [-0.1, -0.05) is 22.0 Å². The third kappa shape index (κ3) is 3.82. The number of halogens is 2. The summed E-state index contributed by atoms with van der Waals surface area (Å²) in [7, 11) is -3.61. The summed E-state index contributed by atoms with van der Waals surface area (Å²) >= 11 is 3.36. The molecule has 1 saturated heterocycles. The second-order valence-electron chi connectivity index (χ2n) is 6.12. The van der Waals surface area contributed by atoms with E-state index in [4.69, 9.17) is 0 Å². The lowest BCUT2D eigenvalue weighted by molar-refractivity contribution is 0.0697. The van der Waals surface area contributed by atoms with Crippen molar-refractivity contribution >= 4 is 31.9 Å². The number of rotatable bonds is 3. The van der Waals surface area contributed by atoms with Gasteiger partial charge in [-0.15, -0.1) is 0 Å². The fourth-order valence-electron chi connectivity index (χ4n) is 2.86. The summed E-state index contributed by atoms with van der Waals surface area (Å²) in [5.41, 5.74) is 1.11. The Morgan fingerprint density at radius 1 is 1.08 bits per heavy atom. The predicted molar refractivity (Wildman–Crippen MR) is 99.9 cm³/mol. The number of nitrogens with zero attached hydrogens (tertiary/aromatic N) is 2. The van der Waals surface area contributed by atoms with E-state index in [9.17, 15) is 17.6 Å². The molecule has 3 rings (SSSR count). The predicted octanol–water partition coefficient (Wildman–Crippen LogP) is 3.04. The van der Waals surface area contributed by atoms with Crippen LogP contribution in [-0.2, 0) is 10.0 Å². The molecule has 2 aromatic carbocycles. The van der Waals surface area contributed by atoms with E-state index in [2.05, 4.69) is 15.9 Å². The van der Waals surface area contributed by atoms with Crippen molar-refractivity contribution in [3.8, 4) is 0 Å². The molecule has 1 fully saturated rings. The van der Waals surface area contributed by atoms with Gasteiger partial charge in [0, 0.05) is 36.2 Å². The maximum Gasteiger partial charge on any atom is 0.254 e. The Bertz CT molecular complexity index is 941. The zero-order chi connectivity index (χ0) is 18.9. The molecule has 5 nitrogen and oxygen atoms in total. The lowest BCUT2D eigenvalue weighted by Crippen LogP contribution is -2.50. The molecule has 1 aliphatic heterocycles. The van der Waals surface area contributed by atoms with Crippen LogP contribution in [0.1, 0.15) is 15.9 Å². The van der Waals surface area contributed by atoms with E-state index in [1.165, 1.54) is 22.5 Å². The van der Waals surface area contributed by atoms with E-state index < -0.39 is 15.8 Å². The number of hydrogen-bond acceptors (Lipinski definition) is 3. The minimum Gasteiger partial charge on any atom is -0.336 e. The van der Waals surface area contributed by atoms with Gasteiger partial charge in [0.25, 0.3) is 5.91 Å². The zero-order valence-corrected chi connectivity index (χ0v) is 16.6. The SMILES string of the molecule is Cc1cc(S(=O)(=O)N2CCN(C(=O)c3cccc(F)c3)CC2)ccc1Br. The first kappa shape index (κ1) is 19.0. The summed E-state index contributed by atoms with van der Waals surface area (Å²) in [6.07, 6.45) is 0. The standard InChI is InChI=1S/C18H18BrFN2O3S/c1-13-11-16(5-6-17(13)19)26(24,25)22-9-7-21(8-10-22)18(23)14-3-2-4-15(20)12-14/h2-6,11-12H,7-10H2,1H3. The number of aryl methyl sites for hydroxylation is 1. The van der Waals surface area contributed by atoms with Crippen molar-refractivity contribution in [2.75, 3.05) is 26.2 Å². The molecule has 26 heavy (non-hydrogen) atoms. The van der Waals surface area contributed by atoms with Crippen molar-refractivity contribution in [1.29, 1.82) is 0 Å². The molecular formula is C18H18BrFN2O3S. The lowest BCUT2D eigenvalue weighted by Gasteiger charge is -2.34. The average molecular weight is 441 g/mol. The number of hydrogen-bond donors (Lipinski definition) is 0. The van der Waals surface area contributed by atoms with E-state index in [0.29, 0.717) is 0 Å². The maximum atomic E-state index is 13.3. The minimum atomic E-state index is -3.61. The summed E-state index contributed by atoms with van der Waals surface area (Å²) < 4.78 is 41.1. The number of carbonyl (C=O) groups excluding carboxylic acids is 1. The Kier molecular flexibility index (Phi) is 5.45. The van der Waals surface area contributed by atoms with Crippen LogP contribution >= 0.6 is 15.9 Å². The third-order valence-corrected chi connectivity index (χ3v) is 7.15. The van der Waals surface area contributed by atoms with Gasteiger partial charge < -0.3 is 4.90 Å². The number of sulfonamides is 1. The normalized spacial score (nSPS) is 15.9. The molecule has 0 atom stereocenters. The van der Waals surface area contributed by atoms with Gasteiger partial charge in [-0.3, -0.25) is 4.79 Å². The number of amides is 1.